The average Bonchev–Trinajstić information content (AvgIpc) is 3.15. The van der Waals surface area contributed by atoms with Gasteiger partial charge in [-0.05, 0) is 72.8 Å². The summed E-state index contributed by atoms with van der Waals surface area (Å²) in [5.41, 5.74) is 11.1. The molecule has 0 aliphatic heterocycles. The van der Waals surface area contributed by atoms with Gasteiger partial charge in [0.1, 0.15) is 11.4 Å². The van der Waals surface area contributed by atoms with E-state index in [1.807, 2.05) is 133 Å². The molecular weight excluding hydrogens is 692 g/mol. The van der Waals surface area contributed by atoms with Gasteiger partial charge in [-0.1, -0.05) is 60.7 Å². The van der Waals surface area contributed by atoms with Crippen LogP contribution in [-0.4, -0.2) is 41.7 Å². The molecule has 0 aliphatic rings. The first-order valence-corrected chi connectivity index (χ1v) is 15.4. The second-order valence-corrected chi connectivity index (χ2v) is 10.3. The molecule has 49 heavy (non-hydrogen) atoms. The topological polar surface area (TPSA) is 125 Å². The Balaban J connectivity index is 0.000000216. The SMILES string of the molecule is [Fe+2].[S-]C(=Nc1ccccc1)NN=C(c1ccccn1)c1ccccn1.[S-]C(=Nc1ccccc1)NN=C(c1ccccn1)c1ccccn1. The summed E-state index contributed by atoms with van der Waals surface area (Å²) in [7, 11) is 0. The van der Waals surface area contributed by atoms with Crippen LogP contribution in [0.25, 0.3) is 0 Å². The van der Waals surface area contributed by atoms with Crippen molar-refractivity contribution in [3.05, 3.63) is 181 Å². The van der Waals surface area contributed by atoms with E-state index in [-0.39, 0.29) is 27.4 Å². The molecule has 0 aliphatic carbocycles. The van der Waals surface area contributed by atoms with Crippen LogP contribution in [0.15, 0.2) is 178 Å². The second-order valence-electron chi connectivity index (χ2n) is 9.51. The van der Waals surface area contributed by atoms with Crippen molar-refractivity contribution in [2.75, 3.05) is 0 Å². The molecule has 0 spiro atoms. The molecule has 13 heteroatoms. The third-order valence-electron chi connectivity index (χ3n) is 6.13. The number of aliphatic imine (C=N–C) groups is 2. The van der Waals surface area contributed by atoms with Crippen molar-refractivity contribution in [1.82, 2.24) is 30.8 Å². The van der Waals surface area contributed by atoms with Crippen LogP contribution in [-0.2, 0) is 42.3 Å². The molecule has 0 radical (unpaired) electrons. The molecule has 2 N–H and O–H groups in total. The number of hydrogen-bond acceptors (Lipinski definition) is 10. The summed E-state index contributed by atoms with van der Waals surface area (Å²) in [5, 5.41) is 9.27. The van der Waals surface area contributed by atoms with E-state index in [9.17, 15) is 0 Å². The standard InChI is InChI=1S/2C18H15N5S.Fe/c2*24-18(21-14-8-2-1-3-9-14)23-22-17(15-10-4-6-12-19-15)16-11-5-7-13-20-16;/h2*1-13H,(H2,21,23,24);/q;;+2/p-2. The molecule has 6 rings (SSSR count). The van der Waals surface area contributed by atoms with Gasteiger partial charge in [0.15, 0.2) is 0 Å². The average molecular weight is 721 g/mol. The molecule has 0 saturated heterocycles. The van der Waals surface area contributed by atoms with Gasteiger partial charge in [-0.15, -0.1) is 0 Å². The maximum absolute atomic E-state index is 5.23. The first-order chi connectivity index (χ1) is 23.7. The maximum atomic E-state index is 5.23. The normalized spacial score (nSPS) is 10.7. The first kappa shape index (κ1) is 36.1. The Morgan fingerprint density at radius 2 is 0.694 bits per heavy atom. The summed E-state index contributed by atoms with van der Waals surface area (Å²) in [6.45, 7) is 0. The number of hydrogen-bond donors (Lipinski definition) is 2. The first-order valence-electron chi connectivity index (χ1n) is 14.6. The predicted molar refractivity (Wildman–Crippen MR) is 196 cm³/mol. The largest absolute Gasteiger partial charge is 2.00 e. The zero-order valence-electron chi connectivity index (χ0n) is 25.8. The number of benzene rings is 2. The van der Waals surface area contributed by atoms with E-state index in [0.717, 1.165) is 11.4 Å². The number of pyridine rings is 4. The van der Waals surface area contributed by atoms with Crippen LogP contribution in [0.2, 0.25) is 0 Å². The molecule has 4 aromatic heterocycles. The molecule has 0 unspecified atom stereocenters. The van der Waals surface area contributed by atoms with Crippen LogP contribution in [0, 0.1) is 0 Å². The zero-order chi connectivity index (χ0) is 33.2. The van der Waals surface area contributed by atoms with E-state index < -0.39 is 0 Å². The summed E-state index contributed by atoms with van der Waals surface area (Å²) in [6.07, 6.45) is 6.84. The molecule has 2 aromatic carbocycles. The zero-order valence-corrected chi connectivity index (χ0v) is 28.5. The molecule has 6 aromatic rings. The van der Waals surface area contributed by atoms with Crippen LogP contribution in [0.1, 0.15) is 22.8 Å². The minimum absolute atomic E-state index is 0. The summed E-state index contributed by atoms with van der Waals surface area (Å²) < 4.78 is 0. The van der Waals surface area contributed by atoms with Gasteiger partial charge in [0.05, 0.1) is 34.2 Å². The Morgan fingerprint density at radius 1 is 0.408 bits per heavy atom. The fourth-order valence-electron chi connectivity index (χ4n) is 4.00. The van der Waals surface area contributed by atoms with Crippen molar-refractivity contribution in [1.29, 1.82) is 0 Å². The molecule has 0 atom stereocenters. The number of hydrazone groups is 2. The third kappa shape index (κ3) is 11.8. The van der Waals surface area contributed by atoms with E-state index in [0.29, 0.717) is 34.2 Å². The van der Waals surface area contributed by atoms with E-state index in [1.54, 1.807) is 24.8 Å². The minimum Gasteiger partial charge on any atom is -0.741 e. The van der Waals surface area contributed by atoms with Crippen molar-refractivity contribution >= 4 is 58.4 Å². The maximum Gasteiger partial charge on any atom is 2.00 e. The van der Waals surface area contributed by atoms with Crippen molar-refractivity contribution < 1.29 is 17.1 Å². The number of aromatic nitrogens is 4. The van der Waals surface area contributed by atoms with Crippen molar-refractivity contribution in [2.24, 2.45) is 20.2 Å². The number of rotatable bonds is 8. The molecule has 4 heterocycles. The van der Waals surface area contributed by atoms with Crippen LogP contribution in [0.4, 0.5) is 11.4 Å². The van der Waals surface area contributed by atoms with Gasteiger partial charge in [-0.25, -0.2) is 0 Å². The monoisotopic (exact) mass is 720 g/mol. The van der Waals surface area contributed by atoms with Crippen molar-refractivity contribution in [3.8, 4) is 0 Å². The smallest absolute Gasteiger partial charge is 0.741 e. The number of amidine groups is 2. The minimum atomic E-state index is 0. The van der Waals surface area contributed by atoms with Gasteiger partial charge in [0.25, 0.3) is 0 Å². The third-order valence-corrected chi connectivity index (χ3v) is 6.50. The Morgan fingerprint density at radius 3 is 0.959 bits per heavy atom. The summed E-state index contributed by atoms with van der Waals surface area (Å²) >= 11 is 10.5. The summed E-state index contributed by atoms with van der Waals surface area (Å²) in [5.74, 6) is 0. The number of para-hydroxylation sites is 2. The molecule has 0 fully saturated rings. The Hall–Kier alpha value is -5.72. The molecular formula is C36H28FeN10S2. The molecule has 10 nitrogen and oxygen atoms in total. The summed E-state index contributed by atoms with van der Waals surface area (Å²) in [6, 6.07) is 41.4. The Bertz CT molecular complexity index is 1740. The van der Waals surface area contributed by atoms with Gasteiger partial charge >= 0.3 is 17.1 Å². The Labute approximate surface area is 306 Å². The number of nitrogens with one attached hydrogen (secondary N) is 2. The van der Waals surface area contributed by atoms with Gasteiger partial charge in [-0.3, -0.25) is 40.8 Å². The quantitative estimate of drug-likeness (QED) is 0.0636. The van der Waals surface area contributed by atoms with E-state index >= 15 is 0 Å². The second kappa shape index (κ2) is 19.8. The predicted octanol–water partition coefficient (Wildman–Crippen LogP) is 6.10. The van der Waals surface area contributed by atoms with Crippen LogP contribution in [0.5, 0.6) is 0 Å². The van der Waals surface area contributed by atoms with Crippen molar-refractivity contribution in [3.63, 3.8) is 0 Å². The summed E-state index contributed by atoms with van der Waals surface area (Å²) in [4.78, 5) is 25.9. The van der Waals surface area contributed by atoms with E-state index in [2.05, 4.69) is 51.0 Å². The van der Waals surface area contributed by atoms with E-state index in [4.69, 9.17) is 25.3 Å². The van der Waals surface area contributed by atoms with Crippen LogP contribution < -0.4 is 10.9 Å². The van der Waals surface area contributed by atoms with Gasteiger partial charge in [0.2, 0.25) is 0 Å². The Kier molecular flexibility index (Phi) is 14.6. The van der Waals surface area contributed by atoms with Crippen LogP contribution in [0.3, 0.4) is 0 Å². The number of nitrogens with zero attached hydrogens (tertiary/aromatic N) is 8. The molecule has 0 bridgehead atoms. The van der Waals surface area contributed by atoms with Crippen LogP contribution >= 0.6 is 0 Å². The van der Waals surface area contributed by atoms with E-state index in [1.165, 1.54) is 0 Å². The fourth-order valence-corrected chi connectivity index (χ4v) is 4.30. The van der Waals surface area contributed by atoms with Crippen molar-refractivity contribution in [2.45, 2.75) is 0 Å². The van der Waals surface area contributed by atoms with Gasteiger partial charge in [-0.2, -0.15) is 10.2 Å². The molecule has 242 valence electrons. The van der Waals surface area contributed by atoms with Gasteiger partial charge < -0.3 is 25.3 Å². The van der Waals surface area contributed by atoms with Gasteiger partial charge in [0, 0.05) is 35.1 Å². The molecule has 0 amide bonds. The fraction of sp³-hybridized carbons (Fsp3) is 0. The molecule has 0 saturated carbocycles.